The molecule has 2 amide bonds. The summed E-state index contributed by atoms with van der Waals surface area (Å²) in [6.07, 6.45) is 2.82. The van der Waals surface area contributed by atoms with E-state index < -0.39 is 18.5 Å². The minimum Gasteiger partial charge on any atom is -0.493 e. The van der Waals surface area contributed by atoms with Gasteiger partial charge in [-0.2, -0.15) is 0 Å². The molecule has 146 valence electrons. The van der Waals surface area contributed by atoms with Crippen LogP contribution >= 0.6 is 0 Å². The minimum absolute atomic E-state index is 0.180. The first-order chi connectivity index (χ1) is 13.5. The van der Waals surface area contributed by atoms with Gasteiger partial charge in [0.2, 0.25) is 5.91 Å². The van der Waals surface area contributed by atoms with Crippen LogP contribution in [0.5, 0.6) is 5.75 Å². The first-order valence-electron chi connectivity index (χ1n) is 8.72. The fourth-order valence-electron chi connectivity index (χ4n) is 2.29. The number of esters is 1. The molecule has 2 rings (SSSR count). The summed E-state index contributed by atoms with van der Waals surface area (Å²) in [5.41, 5.74) is 1.88. The maximum absolute atomic E-state index is 11.9. The Bertz CT molecular complexity index is 859. The van der Waals surface area contributed by atoms with E-state index in [1.807, 2.05) is 25.1 Å². The van der Waals surface area contributed by atoms with Crippen molar-refractivity contribution in [2.75, 3.05) is 23.8 Å². The fourth-order valence-corrected chi connectivity index (χ4v) is 2.29. The summed E-state index contributed by atoms with van der Waals surface area (Å²) in [7, 11) is 0. The van der Waals surface area contributed by atoms with E-state index in [9.17, 15) is 14.4 Å². The molecule has 0 aliphatic carbocycles. The van der Waals surface area contributed by atoms with Gasteiger partial charge in [0.1, 0.15) is 5.75 Å². The maximum atomic E-state index is 11.9. The molecule has 0 atom stereocenters. The highest BCUT2D eigenvalue weighted by molar-refractivity contribution is 5.95. The largest absolute Gasteiger partial charge is 0.493 e. The van der Waals surface area contributed by atoms with Gasteiger partial charge < -0.3 is 20.1 Å². The number of hydrogen-bond donors (Lipinski definition) is 2. The molecule has 28 heavy (non-hydrogen) atoms. The number of nitrogens with one attached hydrogen (secondary N) is 2. The van der Waals surface area contributed by atoms with Crippen molar-refractivity contribution >= 4 is 35.2 Å². The highest BCUT2D eigenvalue weighted by Gasteiger charge is 2.07. The predicted octanol–water partition coefficient (Wildman–Crippen LogP) is 3.24. The average Bonchev–Trinajstić information content (AvgIpc) is 2.67. The topological polar surface area (TPSA) is 93.7 Å². The summed E-state index contributed by atoms with van der Waals surface area (Å²) in [5, 5.41) is 5.23. The smallest absolute Gasteiger partial charge is 0.331 e. The van der Waals surface area contributed by atoms with E-state index in [2.05, 4.69) is 10.6 Å². The van der Waals surface area contributed by atoms with Crippen LogP contribution in [0.15, 0.2) is 54.6 Å². The lowest BCUT2D eigenvalue weighted by atomic mass is 10.2. The van der Waals surface area contributed by atoms with E-state index in [1.165, 1.54) is 13.0 Å². The van der Waals surface area contributed by atoms with Gasteiger partial charge in [0, 0.05) is 29.9 Å². The number of anilines is 2. The van der Waals surface area contributed by atoms with Gasteiger partial charge in [0.25, 0.3) is 5.91 Å². The summed E-state index contributed by atoms with van der Waals surface area (Å²) in [6, 6.07) is 13.9. The van der Waals surface area contributed by atoms with Crippen LogP contribution in [0.3, 0.4) is 0 Å². The van der Waals surface area contributed by atoms with Crippen LogP contribution in [0.1, 0.15) is 19.4 Å². The molecule has 0 heterocycles. The predicted molar refractivity (Wildman–Crippen MR) is 107 cm³/mol. The molecule has 0 fully saturated rings. The second-order valence-electron chi connectivity index (χ2n) is 5.72. The first kappa shape index (κ1) is 20.7. The zero-order valence-electron chi connectivity index (χ0n) is 15.7. The fraction of sp³-hybridized carbons (Fsp3) is 0.190. The molecule has 0 aromatic heterocycles. The van der Waals surface area contributed by atoms with Crippen molar-refractivity contribution in [2.24, 2.45) is 0 Å². The van der Waals surface area contributed by atoms with Gasteiger partial charge in [-0.25, -0.2) is 4.79 Å². The van der Waals surface area contributed by atoms with Gasteiger partial charge in [0.05, 0.1) is 6.61 Å². The Morgan fingerprint density at radius 1 is 0.964 bits per heavy atom. The van der Waals surface area contributed by atoms with E-state index in [0.717, 1.165) is 5.56 Å². The number of carbonyl (C=O) groups is 3. The zero-order valence-corrected chi connectivity index (χ0v) is 15.7. The van der Waals surface area contributed by atoms with Crippen LogP contribution in [-0.2, 0) is 19.1 Å². The van der Waals surface area contributed by atoms with Gasteiger partial charge >= 0.3 is 5.97 Å². The molecule has 0 aliphatic rings. The number of benzene rings is 2. The van der Waals surface area contributed by atoms with E-state index in [1.54, 1.807) is 36.4 Å². The number of amides is 2. The molecule has 7 heteroatoms. The number of ether oxygens (including phenoxy) is 2. The molecule has 0 radical (unpaired) electrons. The number of para-hydroxylation sites is 1. The maximum Gasteiger partial charge on any atom is 0.331 e. The van der Waals surface area contributed by atoms with Crippen molar-refractivity contribution in [2.45, 2.75) is 13.8 Å². The lowest BCUT2D eigenvalue weighted by Gasteiger charge is -2.07. The number of rotatable bonds is 8. The quantitative estimate of drug-likeness (QED) is 0.540. The van der Waals surface area contributed by atoms with Crippen LogP contribution in [0.4, 0.5) is 11.4 Å². The second-order valence-corrected chi connectivity index (χ2v) is 5.72. The normalized spacial score (nSPS) is 10.4. The Labute approximate surface area is 163 Å². The number of carbonyl (C=O) groups excluding carboxylic acids is 3. The van der Waals surface area contributed by atoms with E-state index in [-0.39, 0.29) is 5.91 Å². The minimum atomic E-state index is -0.637. The summed E-state index contributed by atoms with van der Waals surface area (Å²) in [4.78, 5) is 34.7. The standard InChI is InChI=1S/C21H22N2O5/c1-3-27-19-7-5-4-6-16(19)8-13-21(26)28-14-20(25)23-18-11-9-17(10-12-18)22-15(2)24/h4-13H,3,14H2,1-2H3,(H,22,24)(H,23,25). The lowest BCUT2D eigenvalue weighted by molar-refractivity contribution is -0.142. The molecular formula is C21H22N2O5. The molecule has 0 saturated heterocycles. The van der Waals surface area contributed by atoms with Gasteiger partial charge in [0.15, 0.2) is 6.61 Å². The van der Waals surface area contributed by atoms with Crippen molar-refractivity contribution in [3.05, 3.63) is 60.2 Å². The zero-order chi connectivity index (χ0) is 20.4. The Kier molecular flexibility index (Phi) is 7.77. The summed E-state index contributed by atoms with van der Waals surface area (Å²) >= 11 is 0. The lowest BCUT2D eigenvalue weighted by Crippen LogP contribution is -2.20. The Balaban J connectivity index is 1.82. The molecule has 2 aromatic rings. The first-order valence-corrected chi connectivity index (χ1v) is 8.72. The van der Waals surface area contributed by atoms with Crippen LogP contribution in [0, 0.1) is 0 Å². The van der Waals surface area contributed by atoms with Gasteiger partial charge in [-0.3, -0.25) is 9.59 Å². The molecule has 0 aliphatic heterocycles. The highest BCUT2D eigenvalue weighted by Crippen LogP contribution is 2.19. The SMILES string of the molecule is CCOc1ccccc1C=CC(=O)OCC(=O)Nc1ccc(NC(C)=O)cc1. The summed E-state index contributed by atoms with van der Waals surface area (Å²) in [6.45, 7) is 3.39. The van der Waals surface area contributed by atoms with Crippen LogP contribution in [0.2, 0.25) is 0 Å². The molecule has 0 saturated carbocycles. The molecule has 2 N–H and O–H groups in total. The Hall–Kier alpha value is -3.61. The van der Waals surface area contributed by atoms with E-state index in [0.29, 0.717) is 23.7 Å². The van der Waals surface area contributed by atoms with Crippen molar-refractivity contribution in [3.63, 3.8) is 0 Å². The summed E-state index contributed by atoms with van der Waals surface area (Å²) < 4.78 is 10.4. The molecule has 0 bridgehead atoms. The second kappa shape index (κ2) is 10.5. The van der Waals surface area contributed by atoms with Crippen molar-refractivity contribution in [1.29, 1.82) is 0 Å². The van der Waals surface area contributed by atoms with Gasteiger partial charge in [-0.05, 0) is 43.3 Å². The molecular weight excluding hydrogens is 360 g/mol. The Morgan fingerprint density at radius 2 is 1.61 bits per heavy atom. The third-order valence-corrected chi connectivity index (χ3v) is 3.45. The molecule has 7 nitrogen and oxygen atoms in total. The third kappa shape index (κ3) is 6.95. The van der Waals surface area contributed by atoms with Gasteiger partial charge in [-0.15, -0.1) is 0 Å². The Morgan fingerprint density at radius 3 is 2.25 bits per heavy atom. The highest BCUT2D eigenvalue weighted by atomic mass is 16.5. The third-order valence-electron chi connectivity index (χ3n) is 3.45. The number of hydrogen-bond acceptors (Lipinski definition) is 5. The van der Waals surface area contributed by atoms with Gasteiger partial charge in [-0.1, -0.05) is 18.2 Å². The molecule has 0 unspecified atom stereocenters. The van der Waals surface area contributed by atoms with Crippen LogP contribution in [-0.4, -0.2) is 31.0 Å². The molecule has 0 spiro atoms. The average molecular weight is 382 g/mol. The summed E-state index contributed by atoms with van der Waals surface area (Å²) in [5.74, 6) is -0.624. The van der Waals surface area contributed by atoms with Crippen LogP contribution in [0.25, 0.3) is 6.08 Å². The van der Waals surface area contributed by atoms with Crippen LogP contribution < -0.4 is 15.4 Å². The monoisotopic (exact) mass is 382 g/mol. The van der Waals surface area contributed by atoms with Crippen molar-refractivity contribution in [3.8, 4) is 5.75 Å². The van der Waals surface area contributed by atoms with E-state index >= 15 is 0 Å². The van der Waals surface area contributed by atoms with E-state index in [4.69, 9.17) is 9.47 Å². The van der Waals surface area contributed by atoms with Crippen molar-refractivity contribution < 1.29 is 23.9 Å². The van der Waals surface area contributed by atoms with Crippen molar-refractivity contribution in [1.82, 2.24) is 0 Å². The molecule has 2 aromatic carbocycles.